The van der Waals surface area contributed by atoms with Crippen molar-refractivity contribution in [3.05, 3.63) is 225 Å². The normalized spacial score (nSPS) is 10.3. The van der Waals surface area contributed by atoms with Crippen molar-refractivity contribution in [1.29, 1.82) is 0 Å². The predicted molar refractivity (Wildman–Crippen MR) is 304 cm³/mol. The maximum atomic E-state index is 11.6. The van der Waals surface area contributed by atoms with E-state index in [4.69, 9.17) is 34.7 Å². The number of aromatic carboxylic acids is 6. The molecular formula is C60H35Cl2K2N7O15Ru. The number of rotatable bonds is 9. The Bertz CT molecular complexity index is 3940. The maximum absolute atomic E-state index is 11.6. The topological polar surface area (TPSA) is 370 Å². The van der Waals surface area contributed by atoms with Crippen LogP contribution in [-0.4, -0.2) is 96.4 Å². The molecule has 27 heteroatoms. The number of nitrogens with zero attached hydrogens (tertiary/aromatic N) is 7. The molecule has 0 saturated carbocycles. The van der Waals surface area contributed by atoms with E-state index in [1.54, 1.807) is 146 Å². The molecule has 424 valence electrons. The van der Waals surface area contributed by atoms with E-state index >= 15 is 0 Å². The Morgan fingerprint density at radius 2 is 0.483 bits per heavy atom. The van der Waals surface area contributed by atoms with Crippen LogP contribution in [-0.2, 0) is 15.1 Å². The van der Waals surface area contributed by atoms with Crippen molar-refractivity contribution < 1.29 is 188 Å². The molecule has 22 nitrogen and oxygen atoms in total. The van der Waals surface area contributed by atoms with Gasteiger partial charge in [0.05, 0.1) is 101 Å². The molecule has 0 fully saturated rings. The summed E-state index contributed by atoms with van der Waals surface area (Å²) in [4.78, 5) is 105. The molecular weight excluding hydrogens is 1310 g/mol. The van der Waals surface area contributed by atoms with Crippen molar-refractivity contribution in [2.75, 3.05) is 0 Å². The molecule has 0 bridgehead atoms. The summed E-state index contributed by atoms with van der Waals surface area (Å²) < 4.78 is 0. The molecule has 0 amide bonds. The van der Waals surface area contributed by atoms with Crippen LogP contribution in [0.1, 0.15) is 62.1 Å². The number of carboxylic acids is 6. The largest absolute Gasteiger partial charge is 1.00 e. The minimum atomic E-state index is -1.50. The summed E-state index contributed by atoms with van der Waals surface area (Å²) in [6.45, 7) is 0. The van der Waals surface area contributed by atoms with Gasteiger partial charge < -0.3 is 45.4 Å². The van der Waals surface area contributed by atoms with Crippen molar-refractivity contribution in [2.45, 2.75) is 0 Å². The second kappa shape index (κ2) is 31.3. The Morgan fingerprint density at radius 3 is 0.632 bits per heavy atom. The summed E-state index contributed by atoms with van der Waals surface area (Å²) in [5.41, 5.74) is 5.01. The van der Waals surface area contributed by atoms with Gasteiger partial charge >= 0.3 is 161 Å². The van der Waals surface area contributed by atoms with Gasteiger partial charge in [-0.2, -0.15) is 0 Å². The van der Waals surface area contributed by atoms with Gasteiger partial charge in [0.25, 0.3) is 5.09 Å². The number of para-hydroxylation sites is 6. The number of hydrogen-bond donors (Lipinski definition) is 5. The fraction of sp³-hybridized carbons (Fsp3) is 0. The van der Waals surface area contributed by atoms with Gasteiger partial charge in [0.2, 0.25) is 0 Å². The van der Waals surface area contributed by atoms with Gasteiger partial charge in [-0.1, -0.05) is 109 Å². The number of benzene rings is 6. The first-order valence-electron chi connectivity index (χ1n) is 24.2. The Balaban J connectivity index is 0.000000195. The maximum Gasteiger partial charge on any atom is 1.00 e. The summed E-state index contributed by atoms with van der Waals surface area (Å²) >= 11 is -0.346. The van der Waals surface area contributed by atoms with E-state index in [1.807, 2.05) is 0 Å². The first-order valence-corrected chi connectivity index (χ1v) is 28.7. The Morgan fingerprint density at radius 1 is 0.345 bits per heavy atom. The SMILES string of the molecule is O=C(O)c1cc(-c2cc(C(=O)O)c3ccccc3n2)nc2ccccc12.O=C(O)c1cc(-c2cc(C(=O)O)c3ccccc3n2)nc2ccccc12.O=C([O-])c1cc(-c2cc(C(=O)[O-])c3ccccc3n2)nc2ccccc12.O=[N+]([O-])O.[Cl][Ru][Cl].[K+].[K+]. The average molecular weight is 1340 g/mol. The van der Waals surface area contributed by atoms with Crippen LogP contribution in [0.25, 0.3) is 99.6 Å². The Labute approximate surface area is 590 Å². The van der Waals surface area contributed by atoms with Crippen molar-refractivity contribution in [1.82, 2.24) is 29.9 Å². The van der Waals surface area contributed by atoms with E-state index in [2.05, 4.69) is 29.9 Å². The molecule has 0 radical (unpaired) electrons. The molecule has 0 aliphatic carbocycles. The summed E-state index contributed by atoms with van der Waals surface area (Å²) in [7, 11) is 9.71. The predicted octanol–water partition coefficient (Wildman–Crippen LogP) is 3.91. The minimum absolute atomic E-state index is 0. The quantitative estimate of drug-likeness (QED) is 0.0777. The molecule has 0 unspecified atom stereocenters. The monoisotopic (exact) mass is 1340 g/mol. The number of carbonyl (C=O) groups excluding carboxylic acids is 2. The first-order chi connectivity index (χ1) is 40.8. The summed E-state index contributed by atoms with van der Waals surface area (Å²) in [5.74, 6) is -7.00. The molecule has 87 heavy (non-hydrogen) atoms. The van der Waals surface area contributed by atoms with Crippen LogP contribution >= 0.6 is 19.4 Å². The summed E-state index contributed by atoms with van der Waals surface area (Å²) in [6.07, 6.45) is 0. The molecule has 0 aliphatic rings. The van der Waals surface area contributed by atoms with Crippen molar-refractivity contribution in [3.8, 4) is 34.2 Å². The van der Waals surface area contributed by atoms with Gasteiger partial charge in [0.15, 0.2) is 0 Å². The molecule has 0 spiro atoms. The minimum Gasteiger partial charge on any atom is 1.00 e. The van der Waals surface area contributed by atoms with Crippen LogP contribution in [0.3, 0.4) is 0 Å². The molecule has 0 atom stereocenters. The Kier molecular flexibility index (Phi) is 24.6. The zero-order valence-corrected chi connectivity index (χ0v) is 54.4. The van der Waals surface area contributed by atoms with E-state index in [0.717, 1.165) is 0 Å². The van der Waals surface area contributed by atoms with E-state index in [0.29, 0.717) is 88.2 Å². The van der Waals surface area contributed by atoms with Crippen molar-refractivity contribution in [2.24, 2.45) is 0 Å². The van der Waals surface area contributed by atoms with E-state index in [1.165, 1.54) is 36.4 Å². The van der Waals surface area contributed by atoms with E-state index in [-0.39, 0.29) is 163 Å². The van der Waals surface area contributed by atoms with Crippen molar-refractivity contribution >= 4 is 121 Å². The number of carbonyl (C=O) groups is 6. The van der Waals surface area contributed by atoms with Gasteiger partial charge in [-0.15, -0.1) is 10.1 Å². The third-order valence-corrected chi connectivity index (χ3v) is 12.4. The molecule has 0 saturated heterocycles. The third-order valence-electron chi connectivity index (χ3n) is 12.4. The van der Waals surface area contributed by atoms with Gasteiger partial charge in [0, 0.05) is 43.4 Å². The summed E-state index contributed by atoms with van der Waals surface area (Å²) in [6, 6.07) is 49.5. The molecule has 12 aromatic rings. The smallest absolute Gasteiger partial charge is 1.00 e. The standard InChI is InChI=1S/3C20H12N2O4.2ClH.2K.HNO3.Ru/c3*23-19(24)13-9-17(21-15-7-3-1-5-11(13)15)18-10-14(20(25)26)12-6-2-4-8-16(12)22-18;;;;;2-1(3)4;/h3*1-10H,(H,23,24)(H,25,26);2*1H;;;(H,2,3,4);/q;;;;;2*+1;;+2/p-4. The van der Waals surface area contributed by atoms with Crippen LogP contribution in [0.2, 0.25) is 0 Å². The van der Waals surface area contributed by atoms with Gasteiger partial charge in [-0.25, -0.2) is 49.1 Å². The van der Waals surface area contributed by atoms with E-state index < -0.39 is 40.9 Å². The third kappa shape index (κ3) is 16.5. The van der Waals surface area contributed by atoms with Crippen LogP contribution in [0.15, 0.2) is 182 Å². The second-order valence-corrected chi connectivity index (χ2v) is 20.2. The number of fused-ring (bicyclic) bond motifs is 6. The molecule has 6 aromatic carbocycles. The number of aromatic nitrogens is 6. The number of carboxylic acid groups (broad SMARTS) is 6. The van der Waals surface area contributed by atoms with Gasteiger partial charge in [-0.05, 0) is 72.8 Å². The second-order valence-electron chi connectivity index (χ2n) is 17.5. The molecule has 12 rings (SSSR count). The zero-order chi connectivity index (χ0) is 61.1. The van der Waals surface area contributed by atoms with Gasteiger partial charge in [0.1, 0.15) is 0 Å². The molecule has 6 aromatic heterocycles. The first kappa shape index (κ1) is 68.4. The number of hydrogen-bond acceptors (Lipinski definition) is 16. The molecule has 6 heterocycles. The molecule has 5 N–H and O–H groups in total. The van der Waals surface area contributed by atoms with E-state index in [9.17, 15) is 59.4 Å². The molecule has 0 aliphatic heterocycles. The number of halogens is 2. The van der Waals surface area contributed by atoms with Crippen LogP contribution in [0, 0.1) is 10.1 Å². The van der Waals surface area contributed by atoms with Crippen molar-refractivity contribution in [3.63, 3.8) is 0 Å². The zero-order valence-electron chi connectivity index (χ0n) is 44.9. The Hall–Kier alpha value is -7.72. The van der Waals surface area contributed by atoms with Crippen LogP contribution in [0.5, 0.6) is 0 Å². The van der Waals surface area contributed by atoms with Crippen LogP contribution < -0.4 is 113 Å². The summed E-state index contributed by atoms with van der Waals surface area (Å²) in [5, 5.41) is 77.7. The fourth-order valence-electron chi connectivity index (χ4n) is 8.89. The van der Waals surface area contributed by atoms with Crippen LogP contribution in [0.4, 0.5) is 0 Å². The number of pyridine rings is 6. The van der Waals surface area contributed by atoms with Gasteiger partial charge in [-0.3, -0.25) is 0 Å². The average Bonchev–Trinajstić information content (AvgIpc) is 1.43. The fourth-order valence-corrected chi connectivity index (χ4v) is 8.89.